The van der Waals surface area contributed by atoms with Crippen LogP contribution in [-0.4, -0.2) is 47.1 Å². The molecule has 1 amide bonds. The van der Waals surface area contributed by atoms with Crippen molar-refractivity contribution in [3.63, 3.8) is 0 Å². The summed E-state index contributed by atoms with van der Waals surface area (Å²) in [6, 6.07) is 9.98. The monoisotopic (exact) mass is 469 g/mol. The van der Waals surface area contributed by atoms with Crippen LogP contribution in [0.1, 0.15) is 56.8 Å². The van der Waals surface area contributed by atoms with Crippen LogP contribution in [0.25, 0.3) is 5.76 Å². The van der Waals surface area contributed by atoms with Gasteiger partial charge < -0.3 is 19.5 Å². The Hall–Kier alpha value is -3.19. The first kappa shape index (κ1) is 25.4. The van der Waals surface area contributed by atoms with Crippen LogP contribution in [0, 0.1) is 12.7 Å². The van der Waals surface area contributed by atoms with Gasteiger partial charge in [0.05, 0.1) is 23.8 Å². The van der Waals surface area contributed by atoms with Gasteiger partial charge in [-0.1, -0.05) is 18.2 Å². The molecule has 7 heteroatoms. The smallest absolute Gasteiger partial charge is 0.295 e. The third-order valence-electron chi connectivity index (χ3n) is 5.55. The van der Waals surface area contributed by atoms with E-state index >= 15 is 0 Å². The first-order valence-corrected chi connectivity index (χ1v) is 11.5. The van der Waals surface area contributed by atoms with Crippen molar-refractivity contribution in [3.8, 4) is 5.75 Å². The zero-order valence-electron chi connectivity index (χ0n) is 20.3. The van der Waals surface area contributed by atoms with Crippen LogP contribution < -0.4 is 4.74 Å². The maximum atomic E-state index is 14.8. The number of nitrogens with zero attached hydrogens (tertiary/aromatic N) is 1. The van der Waals surface area contributed by atoms with Crippen molar-refractivity contribution < 1.29 is 28.6 Å². The van der Waals surface area contributed by atoms with E-state index in [-0.39, 0.29) is 35.6 Å². The summed E-state index contributed by atoms with van der Waals surface area (Å²) in [6.45, 7) is 10.0. The number of aliphatic hydroxyl groups is 1. The molecular formula is C27H32FNO5. The second kappa shape index (κ2) is 10.8. The normalized spacial score (nSPS) is 17.8. The minimum atomic E-state index is -1.04. The lowest BCUT2D eigenvalue weighted by Gasteiger charge is -2.26. The summed E-state index contributed by atoms with van der Waals surface area (Å²) in [4.78, 5) is 27.4. The molecule has 3 rings (SSSR count). The van der Waals surface area contributed by atoms with Gasteiger partial charge in [-0.3, -0.25) is 9.59 Å². The van der Waals surface area contributed by atoms with Crippen molar-refractivity contribution >= 4 is 17.4 Å². The topological polar surface area (TPSA) is 76.1 Å². The summed E-state index contributed by atoms with van der Waals surface area (Å²) < 4.78 is 26.1. The lowest BCUT2D eigenvalue weighted by atomic mass is 9.94. The maximum Gasteiger partial charge on any atom is 0.295 e. The van der Waals surface area contributed by atoms with Gasteiger partial charge in [-0.25, -0.2) is 4.39 Å². The van der Waals surface area contributed by atoms with Gasteiger partial charge in [0, 0.05) is 24.3 Å². The van der Waals surface area contributed by atoms with E-state index in [1.165, 1.54) is 23.1 Å². The van der Waals surface area contributed by atoms with Gasteiger partial charge >= 0.3 is 0 Å². The fourth-order valence-corrected chi connectivity index (χ4v) is 4.02. The number of aryl methyl sites for hydroxylation is 1. The summed E-state index contributed by atoms with van der Waals surface area (Å²) in [7, 11) is 0. The second-order valence-electron chi connectivity index (χ2n) is 8.93. The molecule has 0 aromatic heterocycles. The van der Waals surface area contributed by atoms with E-state index < -0.39 is 23.5 Å². The Morgan fingerprint density at radius 2 is 1.79 bits per heavy atom. The predicted octanol–water partition coefficient (Wildman–Crippen LogP) is 5.16. The van der Waals surface area contributed by atoms with Crippen LogP contribution in [-0.2, 0) is 14.3 Å². The molecule has 2 aromatic rings. The number of ketones is 1. The number of Topliss-reactive ketones (excluding diaryl/α,β-unsaturated/α-hetero) is 1. The molecule has 34 heavy (non-hydrogen) atoms. The Balaban J connectivity index is 2.05. The number of ether oxygens (including phenoxy) is 2. The maximum absolute atomic E-state index is 14.8. The Kier molecular flexibility index (Phi) is 8.10. The molecule has 1 saturated heterocycles. The van der Waals surface area contributed by atoms with E-state index in [2.05, 4.69) is 0 Å². The zero-order valence-corrected chi connectivity index (χ0v) is 20.3. The largest absolute Gasteiger partial charge is 0.507 e. The number of likely N-dealkylation sites (tertiary alicyclic amines) is 1. The molecule has 0 aliphatic carbocycles. The van der Waals surface area contributed by atoms with Gasteiger partial charge in [-0.15, -0.1) is 0 Å². The van der Waals surface area contributed by atoms with E-state index in [1.807, 2.05) is 34.6 Å². The SMILES string of the molecule is Cc1cc(/C(O)=C2\C(=O)C(=O)N(CCCOC(C)C)C2c2ccccc2F)ccc1OC(C)C. The quantitative estimate of drug-likeness (QED) is 0.238. The highest BCUT2D eigenvalue weighted by molar-refractivity contribution is 6.46. The van der Waals surface area contributed by atoms with Crippen LogP contribution in [0.4, 0.5) is 4.39 Å². The van der Waals surface area contributed by atoms with Crippen LogP contribution in [0.5, 0.6) is 5.75 Å². The molecule has 1 aliphatic heterocycles. The molecular weight excluding hydrogens is 437 g/mol. The molecule has 2 aromatic carbocycles. The number of halogens is 1. The van der Waals surface area contributed by atoms with Gasteiger partial charge in [0.25, 0.3) is 11.7 Å². The summed E-state index contributed by atoms with van der Waals surface area (Å²) in [5.41, 5.74) is 1.15. The standard InChI is InChI=1S/C27H32FNO5/c1-16(2)33-14-8-13-29-24(20-9-6-7-10-21(20)28)23(26(31)27(29)32)25(30)19-11-12-22(18(5)15-19)34-17(3)4/h6-7,9-12,15-17,24,30H,8,13-14H2,1-5H3/b25-23+. The average molecular weight is 470 g/mol. The van der Waals surface area contributed by atoms with Crippen LogP contribution in [0.15, 0.2) is 48.0 Å². The lowest BCUT2D eigenvalue weighted by molar-refractivity contribution is -0.140. The number of rotatable bonds is 9. The first-order valence-electron chi connectivity index (χ1n) is 11.5. The Labute approximate surface area is 200 Å². The number of benzene rings is 2. The molecule has 0 radical (unpaired) electrons. The summed E-state index contributed by atoms with van der Waals surface area (Å²) in [5, 5.41) is 11.2. The Morgan fingerprint density at radius 1 is 1.09 bits per heavy atom. The number of hydrogen-bond donors (Lipinski definition) is 1. The van der Waals surface area contributed by atoms with Crippen molar-refractivity contribution in [2.24, 2.45) is 0 Å². The van der Waals surface area contributed by atoms with E-state index in [9.17, 15) is 19.1 Å². The van der Waals surface area contributed by atoms with Gasteiger partial charge in [-0.2, -0.15) is 0 Å². The molecule has 0 bridgehead atoms. The van der Waals surface area contributed by atoms with Crippen molar-refractivity contribution in [3.05, 3.63) is 70.5 Å². The van der Waals surface area contributed by atoms with Gasteiger partial charge in [-0.05, 0) is 70.9 Å². The highest BCUT2D eigenvalue weighted by Gasteiger charge is 2.46. The summed E-state index contributed by atoms with van der Waals surface area (Å²) >= 11 is 0. The minimum Gasteiger partial charge on any atom is -0.507 e. The number of carbonyl (C=O) groups is 2. The van der Waals surface area contributed by atoms with Gasteiger partial charge in [0.2, 0.25) is 0 Å². The number of aliphatic hydroxyl groups excluding tert-OH is 1. The van der Waals surface area contributed by atoms with Crippen LogP contribution in [0.2, 0.25) is 0 Å². The van der Waals surface area contributed by atoms with Crippen LogP contribution in [0.3, 0.4) is 0 Å². The second-order valence-corrected chi connectivity index (χ2v) is 8.93. The van der Waals surface area contributed by atoms with Crippen molar-refractivity contribution in [2.45, 2.75) is 59.3 Å². The third kappa shape index (κ3) is 5.47. The summed E-state index contributed by atoms with van der Waals surface area (Å²) in [5.74, 6) is -1.85. The molecule has 1 N–H and O–H groups in total. The van der Waals surface area contributed by atoms with E-state index in [0.717, 1.165) is 5.56 Å². The van der Waals surface area contributed by atoms with Gasteiger partial charge in [0.1, 0.15) is 17.3 Å². The molecule has 1 heterocycles. The molecule has 1 fully saturated rings. The molecule has 182 valence electrons. The average Bonchev–Trinajstić information content (AvgIpc) is 3.02. The fraction of sp³-hybridized carbons (Fsp3) is 0.407. The van der Waals surface area contributed by atoms with Crippen molar-refractivity contribution in [2.75, 3.05) is 13.2 Å². The molecule has 0 saturated carbocycles. The molecule has 1 unspecified atom stereocenters. The van der Waals surface area contributed by atoms with Crippen molar-refractivity contribution in [1.82, 2.24) is 4.90 Å². The highest BCUT2D eigenvalue weighted by Crippen LogP contribution is 2.40. The third-order valence-corrected chi connectivity index (χ3v) is 5.55. The van der Waals surface area contributed by atoms with E-state index in [0.29, 0.717) is 24.3 Å². The van der Waals surface area contributed by atoms with Crippen molar-refractivity contribution in [1.29, 1.82) is 0 Å². The van der Waals surface area contributed by atoms with E-state index in [1.54, 1.807) is 24.3 Å². The predicted molar refractivity (Wildman–Crippen MR) is 128 cm³/mol. The van der Waals surface area contributed by atoms with Crippen LogP contribution >= 0.6 is 0 Å². The number of hydrogen-bond acceptors (Lipinski definition) is 5. The summed E-state index contributed by atoms with van der Waals surface area (Å²) in [6.07, 6.45) is 0.476. The highest BCUT2D eigenvalue weighted by atomic mass is 19.1. The Morgan fingerprint density at radius 3 is 2.41 bits per heavy atom. The molecule has 6 nitrogen and oxygen atoms in total. The number of amides is 1. The Bertz CT molecular complexity index is 1090. The molecule has 1 atom stereocenters. The molecule has 0 spiro atoms. The minimum absolute atomic E-state index is 0.0239. The lowest BCUT2D eigenvalue weighted by Crippen LogP contribution is -2.31. The zero-order chi connectivity index (χ0) is 25.0. The first-order chi connectivity index (χ1) is 16.1. The molecule has 1 aliphatic rings. The van der Waals surface area contributed by atoms with Gasteiger partial charge in [0.15, 0.2) is 0 Å². The fourth-order valence-electron chi connectivity index (χ4n) is 4.02. The number of carbonyl (C=O) groups excluding carboxylic acids is 2. The van der Waals surface area contributed by atoms with E-state index in [4.69, 9.17) is 9.47 Å².